The second kappa shape index (κ2) is 4.11. The first-order chi connectivity index (χ1) is 7.83. The maximum absolute atomic E-state index is 12.3. The molecule has 10 heteroatoms. The SMILES string of the molecule is CC(C)(N)c1noc(C(C(F)(F)F)C(F)(F)F)n1. The van der Waals surface area contributed by atoms with Gasteiger partial charge >= 0.3 is 12.4 Å². The molecule has 0 aromatic carbocycles. The molecule has 0 aliphatic rings. The number of nitrogens with two attached hydrogens (primary N) is 1. The minimum absolute atomic E-state index is 0.434. The van der Waals surface area contributed by atoms with Crippen molar-refractivity contribution in [1.82, 2.24) is 10.1 Å². The Balaban J connectivity index is 3.21. The predicted molar refractivity (Wildman–Crippen MR) is 46.4 cm³/mol. The van der Waals surface area contributed by atoms with Gasteiger partial charge in [0.05, 0.1) is 5.54 Å². The summed E-state index contributed by atoms with van der Waals surface area (Å²) in [5, 5.41) is 3.02. The third-order valence-corrected chi connectivity index (χ3v) is 1.92. The molecule has 0 saturated carbocycles. The molecule has 4 nitrogen and oxygen atoms in total. The molecular weight excluding hydrogens is 268 g/mol. The number of rotatable bonds is 2. The third kappa shape index (κ3) is 3.12. The van der Waals surface area contributed by atoms with Gasteiger partial charge in [-0.05, 0) is 13.8 Å². The smallest absolute Gasteiger partial charge is 0.338 e. The average Bonchev–Trinajstić information content (AvgIpc) is 2.45. The van der Waals surface area contributed by atoms with E-state index in [1.807, 2.05) is 0 Å². The molecule has 0 spiro atoms. The van der Waals surface area contributed by atoms with Gasteiger partial charge in [0, 0.05) is 0 Å². The first-order valence-electron chi connectivity index (χ1n) is 4.60. The van der Waals surface area contributed by atoms with Gasteiger partial charge < -0.3 is 10.3 Å². The number of alkyl halides is 6. The van der Waals surface area contributed by atoms with Gasteiger partial charge in [-0.25, -0.2) is 0 Å². The fraction of sp³-hybridized carbons (Fsp3) is 0.750. The van der Waals surface area contributed by atoms with Crippen LogP contribution in [0.5, 0.6) is 0 Å². The Hall–Kier alpha value is -1.32. The van der Waals surface area contributed by atoms with Gasteiger partial charge in [0.1, 0.15) is 0 Å². The van der Waals surface area contributed by atoms with E-state index < -0.39 is 35.5 Å². The summed E-state index contributed by atoms with van der Waals surface area (Å²) in [4.78, 5) is 3.07. The van der Waals surface area contributed by atoms with E-state index in [-0.39, 0.29) is 0 Å². The van der Waals surface area contributed by atoms with E-state index in [0.29, 0.717) is 0 Å². The highest BCUT2D eigenvalue weighted by molar-refractivity contribution is 5.05. The Morgan fingerprint density at radius 2 is 1.50 bits per heavy atom. The lowest BCUT2D eigenvalue weighted by Gasteiger charge is -2.19. The van der Waals surface area contributed by atoms with Crippen LogP contribution in [0.3, 0.4) is 0 Å². The Kier molecular flexibility index (Phi) is 3.36. The van der Waals surface area contributed by atoms with Crippen molar-refractivity contribution in [3.8, 4) is 0 Å². The number of nitrogens with zero attached hydrogens (tertiary/aromatic N) is 2. The number of hydrogen-bond donors (Lipinski definition) is 1. The lowest BCUT2D eigenvalue weighted by molar-refractivity contribution is -0.259. The second-order valence-electron chi connectivity index (χ2n) is 4.19. The largest absolute Gasteiger partial charge is 0.409 e. The molecule has 0 aliphatic heterocycles. The molecule has 0 fully saturated rings. The molecule has 1 heterocycles. The molecule has 104 valence electrons. The molecule has 1 rings (SSSR count). The monoisotopic (exact) mass is 277 g/mol. The van der Waals surface area contributed by atoms with Crippen LogP contribution in [0.15, 0.2) is 4.52 Å². The van der Waals surface area contributed by atoms with Crippen LogP contribution in [0.1, 0.15) is 31.5 Å². The van der Waals surface area contributed by atoms with Crippen LogP contribution >= 0.6 is 0 Å². The van der Waals surface area contributed by atoms with Crippen molar-refractivity contribution >= 4 is 0 Å². The molecule has 2 N–H and O–H groups in total. The highest BCUT2D eigenvalue weighted by Crippen LogP contribution is 2.45. The van der Waals surface area contributed by atoms with Crippen molar-refractivity contribution in [3.05, 3.63) is 11.7 Å². The average molecular weight is 277 g/mol. The van der Waals surface area contributed by atoms with E-state index in [1.54, 1.807) is 0 Å². The summed E-state index contributed by atoms with van der Waals surface area (Å²) < 4.78 is 78.0. The summed E-state index contributed by atoms with van der Waals surface area (Å²) in [6.07, 6.45) is -11.1. The van der Waals surface area contributed by atoms with E-state index in [2.05, 4.69) is 14.7 Å². The number of aromatic nitrogens is 2. The van der Waals surface area contributed by atoms with Crippen molar-refractivity contribution in [2.75, 3.05) is 0 Å². The van der Waals surface area contributed by atoms with Crippen LogP contribution in [0.4, 0.5) is 26.3 Å². The Labute approximate surface area is 97.1 Å². The van der Waals surface area contributed by atoms with Crippen molar-refractivity contribution in [1.29, 1.82) is 0 Å². The zero-order chi connectivity index (χ0) is 14.4. The molecule has 1 aromatic rings. The van der Waals surface area contributed by atoms with Gasteiger partial charge in [-0.15, -0.1) is 0 Å². The first kappa shape index (κ1) is 14.7. The molecule has 0 unspecified atom stereocenters. The fourth-order valence-corrected chi connectivity index (χ4v) is 1.08. The summed E-state index contributed by atoms with van der Waals surface area (Å²) in [5.41, 5.74) is 4.14. The Bertz CT molecular complexity index is 402. The lowest BCUT2D eigenvalue weighted by atomic mass is 10.1. The Morgan fingerprint density at radius 3 is 1.78 bits per heavy atom. The van der Waals surface area contributed by atoms with Crippen LogP contribution < -0.4 is 5.73 Å². The molecule has 0 saturated heterocycles. The molecular formula is C8H9F6N3O. The van der Waals surface area contributed by atoms with Gasteiger partial charge in [-0.3, -0.25) is 0 Å². The van der Waals surface area contributed by atoms with E-state index in [0.717, 1.165) is 0 Å². The molecule has 0 aliphatic carbocycles. The summed E-state index contributed by atoms with van der Waals surface area (Å²) >= 11 is 0. The fourth-order valence-electron chi connectivity index (χ4n) is 1.08. The molecule has 1 aromatic heterocycles. The molecule has 18 heavy (non-hydrogen) atoms. The Morgan fingerprint density at radius 1 is 1.06 bits per heavy atom. The van der Waals surface area contributed by atoms with Gasteiger partial charge in [-0.2, -0.15) is 31.3 Å². The lowest BCUT2D eigenvalue weighted by Crippen LogP contribution is -2.35. The minimum atomic E-state index is -5.57. The standard InChI is InChI=1S/C8H9F6N3O/c1-6(2,15)5-16-4(18-17-5)3(7(9,10)11)8(12,13)14/h3H,15H2,1-2H3. The number of hydrogen-bond acceptors (Lipinski definition) is 4. The van der Waals surface area contributed by atoms with Gasteiger partial charge in [-0.1, -0.05) is 5.16 Å². The normalized spacial score (nSPS) is 14.3. The van der Waals surface area contributed by atoms with Gasteiger partial charge in [0.25, 0.3) is 0 Å². The zero-order valence-corrected chi connectivity index (χ0v) is 9.23. The molecule has 0 radical (unpaired) electrons. The maximum Gasteiger partial charge on any atom is 0.409 e. The van der Waals surface area contributed by atoms with E-state index in [9.17, 15) is 26.3 Å². The summed E-state index contributed by atoms with van der Waals surface area (Å²) in [5.74, 6) is -5.81. The zero-order valence-electron chi connectivity index (χ0n) is 9.23. The van der Waals surface area contributed by atoms with Crippen LogP contribution in [0, 0.1) is 0 Å². The summed E-state index contributed by atoms with van der Waals surface area (Å²) in [7, 11) is 0. The maximum atomic E-state index is 12.3. The van der Waals surface area contributed by atoms with E-state index in [4.69, 9.17) is 5.73 Å². The van der Waals surface area contributed by atoms with Crippen molar-refractivity contribution in [2.24, 2.45) is 5.73 Å². The second-order valence-corrected chi connectivity index (χ2v) is 4.19. The van der Waals surface area contributed by atoms with Crippen molar-refractivity contribution in [3.63, 3.8) is 0 Å². The highest BCUT2D eigenvalue weighted by atomic mass is 19.4. The summed E-state index contributed by atoms with van der Waals surface area (Å²) in [6.45, 7) is 2.63. The highest BCUT2D eigenvalue weighted by Gasteiger charge is 2.61. The summed E-state index contributed by atoms with van der Waals surface area (Å²) in [6, 6.07) is 0. The minimum Gasteiger partial charge on any atom is -0.338 e. The van der Waals surface area contributed by atoms with Gasteiger partial charge in [0.2, 0.25) is 11.8 Å². The van der Waals surface area contributed by atoms with Crippen LogP contribution in [-0.2, 0) is 5.54 Å². The number of halogens is 6. The van der Waals surface area contributed by atoms with E-state index in [1.165, 1.54) is 13.8 Å². The first-order valence-corrected chi connectivity index (χ1v) is 4.60. The van der Waals surface area contributed by atoms with Crippen LogP contribution in [-0.4, -0.2) is 22.5 Å². The van der Waals surface area contributed by atoms with E-state index >= 15 is 0 Å². The molecule has 0 amide bonds. The molecule has 0 atom stereocenters. The third-order valence-electron chi connectivity index (χ3n) is 1.92. The van der Waals surface area contributed by atoms with Crippen LogP contribution in [0.25, 0.3) is 0 Å². The topological polar surface area (TPSA) is 64.9 Å². The van der Waals surface area contributed by atoms with Crippen molar-refractivity contribution < 1.29 is 30.9 Å². The van der Waals surface area contributed by atoms with Crippen LogP contribution in [0.2, 0.25) is 0 Å². The van der Waals surface area contributed by atoms with Gasteiger partial charge in [0.15, 0.2) is 5.82 Å². The predicted octanol–water partition coefficient (Wildman–Crippen LogP) is 2.47. The van der Waals surface area contributed by atoms with Crippen molar-refractivity contribution in [2.45, 2.75) is 37.7 Å². The quantitative estimate of drug-likeness (QED) is 0.843. The molecule has 0 bridgehead atoms.